The number of nitrogens with zero attached hydrogens (tertiary/aromatic N) is 1. The topological polar surface area (TPSA) is 12.9 Å². The van der Waals surface area contributed by atoms with E-state index in [9.17, 15) is 13.2 Å². The van der Waals surface area contributed by atoms with E-state index in [0.717, 1.165) is 21.7 Å². The summed E-state index contributed by atoms with van der Waals surface area (Å²) in [5.41, 5.74) is 0.897. The molecule has 18 heavy (non-hydrogen) atoms. The van der Waals surface area contributed by atoms with Crippen molar-refractivity contribution in [1.29, 1.82) is 0 Å². The van der Waals surface area contributed by atoms with Crippen LogP contribution in [0.5, 0.6) is 0 Å². The molecule has 0 aliphatic heterocycles. The third-order valence-electron chi connectivity index (χ3n) is 2.69. The molecule has 6 heteroatoms. The Balaban J connectivity index is 2.87. The number of halogens is 5. The van der Waals surface area contributed by atoms with Gasteiger partial charge in [0.1, 0.15) is 5.69 Å². The van der Waals surface area contributed by atoms with Gasteiger partial charge in [0.2, 0.25) is 0 Å². The average Bonchev–Trinajstić information content (AvgIpc) is 2.23. The van der Waals surface area contributed by atoms with E-state index in [1.165, 1.54) is 0 Å². The van der Waals surface area contributed by atoms with Crippen LogP contribution in [0.1, 0.15) is 16.8 Å². The maximum atomic E-state index is 12.6. The maximum absolute atomic E-state index is 12.6. The summed E-state index contributed by atoms with van der Waals surface area (Å²) in [7, 11) is 0. The van der Waals surface area contributed by atoms with Gasteiger partial charge in [0.05, 0.1) is 10.5 Å². The van der Waals surface area contributed by atoms with E-state index in [1.54, 1.807) is 19.9 Å². The van der Waals surface area contributed by atoms with Crippen molar-refractivity contribution in [2.75, 3.05) is 0 Å². The fraction of sp³-hybridized carbons (Fsp3) is 0.250. The minimum atomic E-state index is -4.49. The van der Waals surface area contributed by atoms with Gasteiger partial charge in [-0.15, -0.1) is 0 Å². The first-order chi connectivity index (χ1) is 8.21. The highest BCUT2D eigenvalue weighted by molar-refractivity contribution is 9.10. The Morgan fingerprint density at radius 2 is 1.83 bits per heavy atom. The molecule has 0 spiro atoms. The molecule has 0 bridgehead atoms. The minimum Gasteiger partial charge on any atom is -0.243 e. The molecule has 1 aromatic heterocycles. The fourth-order valence-electron chi connectivity index (χ4n) is 1.83. The number of hydrogen-bond donors (Lipinski definition) is 0. The van der Waals surface area contributed by atoms with Crippen LogP contribution in [0.4, 0.5) is 13.2 Å². The van der Waals surface area contributed by atoms with Crippen molar-refractivity contribution in [3.63, 3.8) is 0 Å². The lowest BCUT2D eigenvalue weighted by atomic mass is 10.1. The third kappa shape index (κ3) is 2.21. The Kier molecular flexibility index (Phi) is 3.32. The molecule has 0 fully saturated rings. The van der Waals surface area contributed by atoms with Crippen LogP contribution in [0.25, 0.3) is 10.9 Å². The van der Waals surface area contributed by atoms with Crippen molar-refractivity contribution in [1.82, 2.24) is 4.98 Å². The second-order valence-electron chi connectivity index (χ2n) is 4.01. The molecule has 2 rings (SSSR count). The number of alkyl halides is 3. The van der Waals surface area contributed by atoms with Crippen molar-refractivity contribution < 1.29 is 13.2 Å². The van der Waals surface area contributed by atoms with Crippen LogP contribution < -0.4 is 0 Å². The van der Waals surface area contributed by atoms with Crippen LogP contribution in [0.3, 0.4) is 0 Å². The Morgan fingerprint density at radius 3 is 2.39 bits per heavy atom. The Labute approximate surface area is 115 Å². The van der Waals surface area contributed by atoms with Gasteiger partial charge in [-0.2, -0.15) is 13.2 Å². The number of aryl methyl sites for hydroxylation is 2. The summed E-state index contributed by atoms with van der Waals surface area (Å²) < 4.78 is 38.8. The van der Waals surface area contributed by atoms with E-state index in [4.69, 9.17) is 11.6 Å². The van der Waals surface area contributed by atoms with Gasteiger partial charge in [-0.25, -0.2) is 4.98 Å². The lowest BCUT2D eigenvalue weighted by molar-refractivity contribution is -0.140. The quantitative estimate of drug-likeness (QED) is 0.636. The van der Waals surface area contributed by atoms with Crippen molar-refractivity contribution in [2.24, 2.45) is 0 Å². The van der Waals surface area contributed by atoms with Gasteiger partial charge in [0.15, 0.2) is 0 Å². The SMILES string of the molecule is Cc1cc2nc(C(F)(F)F)cc(Cl)c2c(C)c1Br. The normalized spacial score (nSPS) is 12.2. The molecule has 1 heterocycles. The highest BCUT2D eigenvalue weighted by Gasteiger charge is 2.33. The predicted molar refractivity (Wildman–Crippen MR) is 68.9 cm³/mol. The van der Waals surface area contributed by atoms with Crippen molar-refractivity contribution >= 4 is 38.4 Å². The fourth-order valence-corrected chi connectivity index (χ4v) is 2.48. The summed E-state index contributed by atoms with van der Waals surface area (Å²) in [6.45, 7) is 3.59. The molecule has 96 valence electrons. The average molecular weight is 339 g/mol. The Hall–Kier alpha value is -0.810. The zero-order chi connectivity index (χ0) is 13.7. The number of pyridine rings is 1. The predicted octanol–water partition coefficient (Wildman–Crippen LogP) is 5.29. The highest BCUT2D eigenvalue weighted by atomic mass is 79.9. The van der Waals surface area contributed by atoms with Gasteiger partial charge in [-0.05, 0) is 37.1 Å². The first-order valence-corrected chi connectivity index (χ1v) is 6.22. The molecule has 1 nitrogen and oxygen atoms in total. The maximum Gasteiger partial charge on any atom is 0.433 e. The monoisotopic (exact) mass is 337 g/mol. The first kappa shape index (κ1) is 13.6. The molecule has 1 aromatic carbocycles. The number of rotatable bonds is 0. The Morgan fingerprint density at radius 1 is 1.22 bits per heavy atom. The molecular formula is C12H8BrClF3N. The molecule has 0 amide bonds. The summed E-state index contributed by atoms with van der Waals surface area (Å²) >= 11 is 9.32. The van der Waals surface area contributed by atoms with Gasteiger partial charge in [0.25, 0.3) is 0 Å². The van der Waals surface area contributed by atoms with Gasteiger partial charge in [-0.3, -0.25) is 0 Å². The number of hydrogen-bond acceptors (Lipinski definition) is 1. The minimum absolute atomic E-state index is 0.0607. The Bertz CT molecular complexity index is 637. The third-order valence-corrected chi connectivity index (χ3v) is 4.21. The molecule has 0 saturated carbocycles. The molecule has 0 aliphatic carbocycles. The highest BCUT2D eigenvalue weighted by Crippen LogP contribution is 2.37. The zero-order valence-corrected chi connectivity index (χ0v) is 11.8. The second-order valence-corrected chi connectivity index (χ2v) is 5.21. The summed E-state index contributed by atoms with van der Waals surface area (Å²) in [6, 6.07) is 2.45. The zero-order valence-electron chi connectivity index (χ0n) is 9.49. The van der Waals surface area contributed by atoms with Crippen molar-refractivity contribution in [2.45, 2.75) is 20.0 Å². The van der Waals surface area contributed by atoms with E-state index in [1.807, 2.05) is 0 Å². The van der Waals surface area contributed by atoms with E-state index >= 15 is 0 Å². The summed E-state index contributed by atoms with van der Waals surface area (Å²) in [6.07, 6.45) is -4.49. The molecule has 2 aromatic rings. The van der Waals surface area contributed by atoms with Crippen LogP contribution in [0, 0.1) is 13.8 Å². The second kappa shape index (κ2) is 4.38. The molecule has 0 atom stereocenters. The number of fused-ring (bicyclic) bond motifs is 1. The molecule has 0 N–H and O–H groups in total. The van der Waals surface area contributed by atoms with Crippen LogP contribution in [-0.2, 0) is 6.18 Å². The van der Waals surface area contributed by atoms with Crippen LogP contribution in [0.15, 0.2) is 16.6 Å². The molecule has 0 saturated heterocycles. The molecule has 0 unspecified atom stereocenters. The van der Waals surface area contributed by atoms with E-state index in [2.05, 4.69) is 20.9 Å². The molecule has 0 aliphatic rings. The lowest BCUT2D eigenvalue weighted by Gasteiger charge is -2.12. The van der Waals surface area contributed by atoms with E-state index in [-0.39, 0.29) is 10.5 Å². The van der Waals surface area contributed by atoms with Gasteiger partial charge < -0.3 is 0 Å². The smallest absolute Gasteiger partial charge is 0.243 e. The van der Waals surface area contributed by atoms with Gasteiger partial charge in [0, 0.05) is 9.86 Å². The molecular weight excluding hydrogens is 330 g/mol. The number of benzene rings is 1. The standard InChI is InChI=1S/C12H8BrClF3N/c1-5-3-8-10(6(2)11(5)13)7(14)4-9(18-8)12(15,16)17/h3-4H,1-2H3. The van der Waals surface area contributed by atoms with Gasteiger partial charge >= 0.3 is 6.18 Å². The summed E-state index contributed by atoms with van der Waals surface area (Å²) in [5.74, 6) is 0. The largest absolute Gasteiger partial charge is 0.433 e. The first-order valence-electron chi connectivity index (χ1n) is 5.05. The van der Waals surface area contributed by atoms with Crippen molar-refractivity contribution in [3.8, 4) is 0 Å². The van der Waals surface area contributed by atoms with Crippen LogP contribution in [0.2, 0.25) is 5.02 Å². The number of aromatic nitrogens is 1. The van der Waals surface area contributed by atoms with Gasteiger partial charge in [-0.1, -0.05) is 27.5 Å². The molecule has 0 radical (unpaired) electrons. The van der Waals surface area contributed by atoms with Crippen molar-refractivity contribution in [3.05, 3.63) is 38.4 Å². The van der Waals surface area contributed by atoms with Crippen LogP contribution >= 0.6 is 27.5 Å². The summed E-state index contributed by atoms with van der Waals surface area (Å²) in [5, 5.41) is 0.604. The summed E-state index contributed by atoms with van der Waals surface area (Å²) in [4.78, 5) is 3.64. The van der Waals surface area contributed by atoms with E-state index < -0.39 is 11.9 Å². The van der Waals surface area contributed by atoms with Crippen LogP contribution in [-0.4, -0.2) is 4.98 Å². The van der Waals surface area contributed by atoms with E-state index in [0.29, 0.717) is 5.39 Å². The lowest BCUT2D eigenvalue weighted by Crippen LogP contribution is -2.08.